The fourth-order valence-electron chi connectivity index (χ4n) is 1.48. The van der Waals surface area contributed by atoms with Crippen molar-refractivity contribution < 1.29 is 38.5 Å². The zero-order valence-corrected chi connectivity index (χ0v) is 15.7. The number of carboxylic acid groups (broad SMARTS) is 1. The predicted octanol–water partition coefficient (Wildman–Crippen LogP) is 1.63. The number of carboxylic acids is 1. The van der Waals surface area contributed by atoms with Crippen molar-refractivity contribution in [3.8, 4) is 0 Å². The number of amides is 1. The molecule has 0 saturated heterocycles. The first kappa shape index (κ1) is 22.7. The number of carbonyl (C=O) groups excluding carboxylic acids is 3. The van der Waals surface area contributed by atoms with Gasteiger partial charge in [-0.05, 0) is 48.5 Å². The molecule has 0 heterocycles. The zero-order valence-electron chi connectivity index (χ0n) is 15.7. The summed E-state index contributed by atoms with van der Waals surface area (Å²) in [5.41, 5.74) is -1.65. The molecule has 0 saturated carbocycles. The summed E-state index contributed by atoms with van der Waals surface area (Å²) < 4.78 is 14.9. The summed E-state index contributed by atoms with van der Waals surface area (Å²) in [4.78, 5) is 46.6. The van der Waals surface area contributed by atoms with Crippen molar-refractivity contribution in [3.63, 3.8) is 0 Å². The number of ether oxygens (including phenoxy) is 3. The Morgan fingerprint density at radius 2 is 1.44 bits per heavy atom. The van der Waals surface area contributed by atoms with Gasteiger partial charge in [-0.3, -0.25) is 4.79 Å². The van der Waals surface area contributed by atoms with E-state index in [-0.39, 0.29) is 0 Å². The van der Waals surface area contributed by atoms with Gasteiger partial charge in [0.25, 0.3) is 0 Å². The fourth-order valence-corrected chi connectivity index (χ4v) is 1.48. The van der Waals surface area contributed by atoms with E-state index in [0.29, 0.717) is 0 Å². The largest absolute Gasteiger partial charge is 0.479 e. The molecule has 9 nitrogen and oxygen atoms in total. The van der Waals surface area contributed by atoms with Gasteiger partial charge in [-0.25, -0.2) is 14.4 Å². The molecule has 0 aliphatic carbocycles. The van der Waals surface area contributed by atoms with Crippen LogP contribution in [0.1, 0.15) is 54.9 Å². The molecule has 0 spiro atoms. The van der Waals surface area contributed by atoms with Crippen LogP contribution in [0.15, 0.2) is 0 Å². The van der Waals surface area contributed by atoms with Crippen molar-refractivity contribution in [1.82, 2.24) is 5.32 Å². The van der Waals surface area contributed by atoms with E-state index in [2.05, 4.69) is 10.1 Å². The van der Waals surface area contributed by atoms with Crippen LogP contribution >= 0.6 is 0 Å². The third-order valence-electron chi connectivity index (χ3n) is 2.41. The van der Waals surface area contributed by atoms with Crippen LogP contribution in [-0.2, 0) is 28.6 Å². The Labute approximate surface area is 147 Å². The van der Waals surface area contributed by atoms with Crippen LogP contribution in [0.3, 0.4) is 0 Å². The van der Waals surface area contributed by atoms with Gasteiger partial charge in [0, 0.05) is 0 Å². The first-order valence-electron chi connectivity index (χ1n) is 7.75. The van der Waals surface area contributed by atoms with Crippen molar-refractivity contribution in [2.24, 2.45) is 0 Å². The van der Waals surface area contributed by atoms with E-state index in [1.807, 2.05) is 0 Å². The van der Waals surface area contributed by atoms with E-state index < -0.39 is 53.8 Å². The molecule has 2 atom stereocenters. The normalized spacial score (nSPS) is 14.0. The van der Waals surface area contributed by atoms with Crippen LogP contribution in [-0.4, -0.2) is 52.5 Å². The van der Waals surface area contributed by atoms with E-state index in [1.54, 1.807) is 41.5 Å². The Bertz CT molecular complexity index is 515. The summed E-state index contributed by atoms with van der Waals surface area (Å²) in [5.74, 6) is -3.16. The SMILES string of the molecule is CC(OC(=O)CC(NC(=O)OC(C)(C)C)C(=O)OC(C)(C)C)C(=O)O. The van der Waals surface area contributed by atoms with Crippen LogP contribution < -0.4 is 5.32 Å². The number of alkyl carbamates (subject to hydrolysis) is 1. The fraction of sp³-hybridized carbons (Fsp3) is 0.750. The van der Waals surface area contributed by atoms with E-state index in [4.69, 9.17) is 14.6 Å². The first-order chi connectivity index (χ1) is 11.1. The van der Waals surface area contributed by atoms with Gasteiger partial charge >= 0.3 is 24.0 Å². The third kappa shape index (κ3) is 11.0. The Balaban J connectivity index is 5.07. The minimum atomic E-state index is -1.38. The molecule has 9 heteroatoms. The molecule has 0 fully saturated rings. The highest BCUT2D eigenvalue weighted by Crippen LogP contribution is 2.12. The molecule has 0 aromatic heterocycles. The number of nitrogens with one attached hydrogen (secondary N) is 1. The number of rotatable bonds is 6. The highest BCUT2D eigenvalue weighted by Gasteiger charge is 2.32. The zero-order chi connectivity index (χ0) is 20.0. The summed E-state index contributed by atoms with van der Waals surface area (Å²) >= 11 is 0. The van der Waals surface area contributed by atoms with Gasteiger partial charge < -0.3 is 24.6 Å². The molecule has 0 rings (SSSR count). The van der Waals surface area contributed by atoms with Crippen molar-refractivity contribution in [3.05, 3.63) is 0 Å². The molecule has 1 amide bonds. The van der Waals surface area contributed by atoms with Gasteiger partial charge in [0.2, 0.25) is 0 Å². The Morgan fingerprint density at radius 1 is 0.960 bits per heavy atom. The van der Waals surface area contributed by atoms with E-state index in [9.17, 15) is 19.2 Å². The van der Waals surface area contributed by atoms with Crippen molar-refractivity contribution in [2.75, 3.05) is 0 Å². The number of esters is 2. The number of hydrogen-bond acceptors (Lipinski definition) is 7. The molecule has 0 aromatic carbocycles. The second-order valence-corrected chi connectivity index (χ2v) is 7.41. The van der Waals surface area contributed by atoms with Crippen LogP contribution in [0.4, 0.5) is 4.79 Å². The molecule has 0 aliphatic heterocycles. The molecule has 25 heavy (non-hydrogen) atoms. The first-order valence-corrected chi connectivity index (χ1v) is 7.75. The van der Waals surface area contributed by atoms with E-state index >= 15 is 0 Å². The summed E-state index contributed by atoms with van der Waals surface area (Å²) in [5, 5.41) is 11.0. The van der Waals surface area contributed by atoms with E-state index in [1.165, 1.54) is 6.92 Å². The lowest BCUT2D eigenvalue weighted by atomic mass is 10.1. The third-order valence-corrected chi connectivity index (χ3v) is 2.41. The molecule has 0 bridgehead atoms. The average Bonchev–Trinajstić information content (AvgIpc) is 2.32. The quantitative estimate of drug-likeness (QED) is 0.539. The standard InChI is InChI=1S/C16H27NO8/c1-9(12(19)20)23-11(18)8-10(13(21)24-15(2,3)4)17-14(22)25-16(5,6)7/h9-10H,8H2,1-7H3,(H,17,22)(H,19,20). The summed E-state index contributed by atoms with van der Waals surface area (Å²) in [6.07, 6.45) is -2.89. The smallest absolute Gasteiger partial charge is 0.408 e. The second kappa shape index (κ2) is 8.68. The van der Waals surface area contributed by atoms with Crippen molar-refractivity contribution >= 4 is 24.0 Å². The lowest BCUT2D eigenvalue weighted by Crippen LogP contribution is -2.47. The van der Waals surface area contributed by atoms with Crippen LogP contribution in [0.2, 0.25) is 0 Å². The molecule has 0 aromatic rings. The van der Waals surface area contributed by atoms with Gasteiger partial charge in [-0.1, -0.05) is 0 Å². The topological polar surface area (TPSA) is 128 Å². The molecular weight excluding hydrogens is 334 g/mol. The molecule has 0 aliphatic rings. The second-order valence-electron chi connectivity index (χ2n) is 7.41. The molecule has 144 valence electrons. The highest BCUT2D eigenvalue weighted by atomic mass is 16.6. The van der Waals surface area contributed by atoms with Crippen molar-refractivity contribution in [1.29, 1.82) is 0 Å². The minimum absolute atomic E-state index is 0.591. The predicted molar refractivity (Wildman–Crippen MR) is 86.8 cm³/mol. The maximum Gasteiger partial charge on any atom is 0.408 e. The van der Waals surface area contributed by atoms with Gasteiger partial charge in [0.1, 0.15) is 17.2 Å². The summed E-state index contributed by atoms with van der Waals surface area (Å²) in [6.45, 7) is 11.0. The molecule has 2 N–H and O–H groups in total. The lowest BCUT2D eigenvalue weighted by Gasteiger charge is -2.26. The molecule has 2 unspecified atom stereocenters. The summed E-state index contributed by atoms with van der Waals surface area (Å²) in [6, 6.07) is -1.37. The number of carbonyl (C=O) groups is 4. The van der Waals surface area contributed by atoms with Gasteiger partial charge in [-0.15, -0.1) is 0 Å². The van der Waals surface area contributed by atoms with Gasteiger partial charge in [0.15, 0.2) is 6.10 Å². The van der Waals surface area contributed by atoms with Gasteiger partial charge in [0.05, 0.1) is 6.42 Å². The van der Waals surface area contributed by atoms with Crippen molar-refractivity contribution in [2.45, 2.75) is 78.2 Å². The van der Waals surface area contributed by atoms with E-state index in [0.717, 1.165) is 0 Å². The minimum Gasteiger partial charge on any atom is -0.479 e. The maximum absolute atomic E-state index is 12.2. The monoisotopic (exact) mass is 361 g/mol. The number of hydrogen-bond donors (Lipinski definition) is 2. The Hall–Kier alpha value is -2.32. The average molecular weight is 361 g/mol. The van der Waals surface area contributed by atoms with Crippen LogP contribution in [0, 0.1) is 0 Å². The van der Waals surface area contributed by atoms with Crippen LogP contribution in [0.25, 0.3) is 0 Å². The Morgan fingerprint density at radius 3 is 1.84 bits per heavy atom. The summed E-state index contributed by atoms with van der Waals surface area (Å²) in [7, 11) is 0. The number of aliphatic carboxylic acids is 1. The van der Waals surface area contributed by atoms with Gasteiger partial charge in [-0.2, -0.15) is 0 Å². The molecule has 0 radical (unpaired) electrons. The lowest BCUT2D eigenvalue weighted by molar-refractivity contribution is -0.166. The molecular formula is C16H27NO8. The maximum atomic E-state index is 12.2. The van der Waals surface area contributed by atoms with Crippen LogP contribution in [0.5, 0.6) is 0 Å². The highest BCUT2D eigenvalue weighted by molar-refractivity contribution is 5.87. The Kier molecular flexibility index (Phi) is 7.88.